The van der Waals surface area contributed by atoms with Crippen LogP contribution < -0.4 is 0 Å². The van der Waals surface area contributed by atoms with E-state index in [0.717, 1.165) is 0 Å². The Morgan fingerprint density at radius 3 is 2.80 bits per heavy atom. The number of thiocarbonyl (C=S) groups is 1. The summed E-state index contributed by atoms with van der Waals surface area (Å²) in [6.07, 6.45) is -1.99. The van der Waals surface area contributed by atoms with E-state index in [2.05, 4.69) is 17.0 Å². The molecule has 0 saturated carbocycles. The number of alkyl halides is 3. The second-order valence-corrected chi connectivity index (χ2v) is 3.51. The zero-order chi connectivity index (χ0) is 11.5. The first-order valence-electron chi connectivity index (χ1n) is 4.41. The van der Waals surface area contributed by atoms with E-state index in [1.165, 1.54) is 11.4 Å². The van der Waals surface area contributed by atoms with Gasteiger partial charge in [0.05, 0.1) is 0 Å². The summed E-state index contributed by atoms with van der Waals surface area (Å²) in [5.41, 5.74) is 0.196. The number of halogens is 3. The highest BCUT2D eigenvalue weighted by atomic mass is 32.1. The lowest BCUT2D eigenvalue weighted by Crippen LogP contribution is -2.21. The van der Waals surface area contributed by atoms with E-state index in [9.17, 15) is 13.2 Å². The van der Waals surface area contributed by atoms with Crippen LogP contribution in [-0.2, 0) is 4.74 Å². The molecule has 0 heterocycles. The van der Waals surface area contributed by atoms with E-state index in [1.54, 1.807) is 0 Å². The molecule has 0 aromatic rings. The number of allylic oxidation sites excluding steroid dienone is 2. The van der Waals surface area contributed by atoms with Crippen molar-refractivity contribution in [2.24, 2.45) is 5.92 Å². The Morgan fingerprint density at radius 2 is 2.27 bits per heavy atom. The van der Waals surface area contributed by atoms with E-state index < -0.39 is 6.36 Å². The van der Waals surface area contributed by atoms with Gasteiger partial charge in [-0.15, -0.1) is 13.2 Å². The molecule has 1 unspecified atom stereocenters. The first-order chi connectivity index (χ1) is 6.92. The van der Waals surface area contributed by atoms with Gasteiger partial charge in [-0.3, -0.25) is 0 Å². The predicted molar refractivity (Wildman–Crippen MR) is 53.9 cm³/mol. The van der Waals surface area contributed by atoms with Gasteiger partial charge >= 0.3 is 6.36 Å². The second kappa shape index (κ2) is 4.74. The molecule has 6 heteroatoms. The van der Waals surface area contributed by atoms with Gasteiger partial charge in [0, 0.05) is 23.4 Å². The number of rotatable bonds is 3. The number of hydrogen-bond acceptors (Lipinski definition) is 3. The fourth-order valence-corrected chi connectivity index (χ4v) is 1.66. The molecule has 0 saturated heterocycles. The molecule has 1 rings (SSSR count). The van der Waals surface area contributed by atoms with Crippen molar-refractivity contribution < 1.29 is 17.9 Å². The van der Waals surface area contributed by atoms with Gasteiger partial charge in [0.2, 0.25) is 0 Å². The van der Waals surface area contributed by atoms with Crippen molar-refractivity contribution in [2.75, 3.05) is 0 Å². The van der Waals surface area contributed by atoms with Crippen LogP contribution in [0.15, 0.2) is 11.8 Å². The highest BCUT2D eigenvalue weighted by Gasteiger charge is 2.33. The third-order valence-electron chi connectivity index (χ3n) is 2.15. The summed E-state index contributed by atoms with van der Waals surface area (Å²) in [7, 11) is 0. The largest absolute Gasteiger partial charge is 0.572 e. The van der Waals surface area contributed by atoms with Gasteiger partial charge in [0.15, 0.2) is 0 Å². The minimum atomic E-state index is -4.65. The summed E-state index contributed by atoms with van der Waals surface area (Å²) in [6.45, 7) is 0. The van der Waals surface area contributed by atoms with Gasteiger partial charge in [-0.25, -0.2) is 0 Å². The third kappa shape index (κ3) is 3.99. The molecule has 84 valence electrons. The number of ether oxygens (including phenoxy) is 1. The Morgan fingerprint density at radius 1 is 1.60 bits per heavy atom. The maximum atomic E-state index is 11.9. The summed E-state index contributed by atoms with van der Waals surface area (Å²) < 4.78 is 39.5. The minimum Gasteiger partial charge on any atom is -0.411 e. The molecule has 0 amide bonds. The van der Waals surface area contributed by atoms with Gasteiger partial charge in [0.25, 0.3) is 0 Å². The molecular weight excluding hydrogens is 227 g/mol. The zero-order valence-corrected chi connectivity index (χ0v) is 8.62. The standard InChI is InChI=1S/C9H10F3NOS/c10-9(11,12)14-7-3-1-2-6(4-7)8(13)5-15/h3,5-6,13H,1-2,4H2. The summed E-state index contributed by atoms with van der Waals surface area (Å²) in [5, 5.41) is 8.62. The molecule has 0 aliphatic heterocycles. The van der Waals surface area contributed by atoms with Crippen LogP contribution in [-0.4, -0.2) is 17.4 Å². The van der Waals surface area contributed by atoms with Crippen molar-refractivity contribution in [2.45, 2.75) is 25.6 Å². The third-order valence-corrected chi connectivity index (χ3v) is 2.40. The molecule has 1 aliphatic carbocycles. The van der Waals surface area contributed by atoms with Gasteiger partial charge in [-0.2, -0.15) is 0 Å². The molecule has 0 bridgehead atoms. The van der Waals surface area contributed by atoms with Gasteiger partial charge in [-0.05, 0) is 18.9 Å². The molecular formula is C9H10F3NOS. The van der Waals surface area contributed by atoms with E-state index >= 15 is 0 Å². The van der Waals surface area contributed by atoms with Crippen molar-refractivity contribution in [3.63, 3.8) is 0 Å². The Kier molecular flexibility index (Phi) is 3.84. The fourth-order valence-electron chi connectivity index (χ4n) is 1.47. The summed E-state index contributed by atoms with van der Waals surface area (Å²) in [6, 6.07) is 0. The van der Waals surface area contributed by atoms with Crippen LogP contribution >= 0.6 is 12.2 Å². The van der Waals surface area contributed by atoms with Crippen LogP contribution in [0, 0.1) is 11.3 Å². The first-order valence-corrected chi connectivity index (χ1v) is 4.88. The molecule has 15 heavy (non-hydrogen) atoms. The van der Waals surface area contributed by atoms with Crippen molar-refractivity contribution in [1.29, 1.82) is 5.41 Å². The lowest BCUT2D eigenvalue weighted by molar-refractivity contribution is -0.307. The highest BCUT2D eigenvalue weighted by Crippen LogP contribution is 2.30. The van der Waals surface area contributed by atoms with Crippen molar-refractivity contribution in [3.05, 3.63) is 11.8 Å². The normalized spacial score (nSPS) is 21.8. The Hall–Kier alpha value is -0.910. The molecule has 1 aliphatic rings. The van der Waals surface area contributed by atoms with Gasteiger partial charge in [0.1, 0.15) is 5.76 Å². The van der Waals surface area contributed by atoms with E-state index in [4.69, 9.17) is 5.41 Å². The molecule has 1 N–H and O–H groups in total. The zero-order valence-electron chi connectivity index (χ0n) is 7.80. The SMILES string of the molecule is N=C(C=S)C1CCC=C(OC(F)(F)F)C1. The predicted octanol–water partition coefficient (Wildman–Crippen LogP) is 3.23. The van der Waals surface area contributed by atoms with E-state index in [1.807, 2.05) is 0 Å². The maximum Gasteiger partial charge on any atom is 0.572 e. The minimum absolute atomic E-state index is 0.103. The van der Waals surface area contributed by atoms with Crippen LogP contribution in [0.2, 0.25) is 0 Å². The van der Waals surface area contributed by atoms with Crippen LogP contribution in [0.1, 0.15) is 19.3 Å². The summed E-state index contributed by atoms with van der Waals surface area (Å²) >= 11 is 4.57. The van der Waals surface area contributed by atoms with Crippen LogP contribution in [0.4, 0.5) is 13.2 Å². The van der Waals surface area contributed by atoms with Crippen LogP contribution in [0.25, 0.3) is 0 Å². The topological polar surface area (TPSA) is 33.1 Å². The average Bonchev–Trinajstić information content (AvgIpc) is 2.14. The second-order valence-electron chi connectivity index (χ2n) is 3.27. The molecule has 0 fully saturated rings. The molecule has 0 spiro atoms. The monoisotopic (exact) mass is 237 g/mol. The molecule has 0 aromatic carbocycles. The quantitative estimate of drug-likeness (QED) is 0.604. The van der Waals surface area contributed by atoms with Crippen molar-refractivity contribution in [3.8, 4) is 0 Å². The van der Waals surface area contributed by atoms with E-state index in [-0.39, 0.29) is 23.8 Å². The highest BCUT2D eigenvalue weighted by molar-refractivity contribution is 7.80. The summed E-state index contributed by atoms with van der Waals surface area (Å²) in [4.78, 5) is 0. The van der Waals surface area contributed by atoms with Crippen molar-refractivity contribution >= 4 is 23.3 Å². The molecule has 0 radical (unpaired) electrons. The van der Waals surface area contributed by atoms with Crippen molar-refractivity contribution in [1.82, 2.24) is 0 Å². The van der Waals surface area contributed by atoms with E-state index in [0.29, 0.717) is 12.8 Å². The fraction of sp³-hybridized carbons (Fsp3) is 0.556. The van der Waals surface area contributed by atoms with Gasteiger partial charge in [-0.1, -0.05) is 12.2 Å². The van der Waals surface area contributed by atoms with Gasteiger partial charge < -0.3 is 10.1 Å². The molecule has 2 nitrogen and oxygen atoms in total. The molecule has 1 atom stereocenters. The van der Waals surface area contributed by atoms with Crippen LogP contribution in [0.5, 0.6) is 0 Å². The first kappa shape index (κ1) is 12.2. The Balaban J connectivity index is 2.59. The lowest BCUT2D eigenvalue weighted by atomic mass is 9.89. The Bertz CT molecular complexity index is 298. The number of hydrogen-bond donors (Lipinski definition) is 1. The molecule has 0 aromatic heterocycles. The number of nitrogens with one attached hydrogen (secondary N) is 1. The smallest absolute Gasteiger partial charge is 0.411 e. The summed E-state index contributed by atoms with van der Waals surface area (Å²) in [5.74, 6) is -0.356. The average molecular weight is 237 g/mol. The lowest BCUT2D eigenvalue weighted by Gasteiger charge is -2.22. The maximum absolute atomic E-state index is 11.9. The Labute approximate surface area is 90.6 Å². The van der Waals surface area contributed by atoms with Crippen LogP contribution in [0.3, 0.4) is 0 Å².